The number of pyridine rings is 1. The zero-order chi connectivity index (χ0) is 7.97. The molecular formula is C7H4N4S. The summed E-state index contributed by atoms with van der Waals surface area (Å²) in [6.45, 7) is 0. The second-order valence-electron chi connectivity index (χ2n) is 2.45. The average Bonchev–Trinajstić information content (AvgIpc) is 2.71. The van der Waals surface area contributed by atoms with Crippen molar-refractivity contribution in [2.75, 3.05) is 0 Å². The fraction of sp³-hybridized carbons (Fsp3) is 0. The molecule has 0 aliphatic rings. The molecule has 0 radical (unpaired) electrons. The van der Waals surface area contributed by atoms with Crippen molar-refractivity contribution < 1.29 is 0 Å². The van der Waals surface area contributed by atoms with Crippen LogP contribution in [0.25, 0.3) is 15.9 Å². The minimum atomic E-state index is 0.793. The van der Waals surface area contributed by atoms with Crippen molar-refractivity contribution in [1.29, 1.82) is 0 Å². The quantitative estimate of drug-likeness (QED) is 0.519. The van der Waals surface area contributed by atoms with Gasteiger partial charge < -0.3 is 0 Å². The summed E-state index contributed by atoms with van der Waals surface area (Å²) >= 11 is 1.69. The molecule has 3 heterocycles. The summed E-state index contributed by atoms with van der Waals surface area (Å²) in [5, 5.41) is 13.4. The largest absolute Gasteiger partial charge is 0.192 e. The first-order chi connectivity index (χ1) is 5.95. The zero-order valence-corrected chi connectivity index (χ0v) is 6.82. The molecule has 0 saturated heterocycles. The lowest BCUT2D eigenvalue weighted by Crippen LogP contribution is -1.86. The maximum atomic E-state index is 3.88. The summed E-state index contributed by atoms with van der Waals surface area (Å²) < 4.78 is 2.95. The monoisotopic (exact) mass is 176 g/mol. The van der Waals surface area contributed by atoms with Gasteiger partial charge in [-0.3, -0.25) is 0 Å². The van der Waals surface area contributed by atoms with E-state index < -0.39 is 0 Å². The van der Waals surface area contributed by atoms with E-state index in [0.29, 0.717) is 0 Å². The predicted octanol–water partition coefficient (Wildman–Crippen LogP) is 1.34. The predicted molar refractivity (Wildman–Crippen MR) is 46.2 cm³/mol. The maximum Gasteiger partial charge on any atom is 0.180 e. The Morgan fingerprint density at radius 2 is 2.25 bits per heavy atom. The maximum absolute atomic E-state index is 3.88. The molecule has 0 fully saturated rings. The Morgan fingerprint density at radius 1 is 1.25 bits per heavy atom. The molecule has 0 aromatic carbocycles. The van der Waals surface area contributed by atoms with Crippen LogP contribution in [0.1, 0.15) is 0 Å². The summed E-state index contributed by atoms with van der Waals surface area (Å²) in [5.41, 5.74) is 1.86. The Bertz CT molecular complexity index is 489. The molecule has 0 unspecified atom stereocenters. The molecule has 0 aliphatic heterocycles. The van der Waals surface area contributed by atoms with E-state index in [4.69, 9.17) is 0 Å². The van der Waals surface area contributed by atoms with Crippen molar-refractivity contribution in [2.24, 2.45) is 0 Å². The summed E-state index contributed by atoms with van der Waals surface area (Å²) in [6.07, 6.45) is 0. The van der Waals surface area contributed by atoms with Crippen molar-refractivity contribution in [3.05, 3.63) is 23.6 Å². The topological polar surface area (TPSA) is 43.1 Å². The third kappa shape index (κ3) is 0.634. The molecule has 12 heavy (non-hydrogen) atoms. The zero-order valence-electron chi connectivity index (χ0n) is 6.01. The Labute approximate surface area is 71.4 Å². The first-order valence-electron chi connectivity index (χ1n) is 3.49. The van der Waals surface area contributed by atoms with Crippen LogP contribution >= 0.6 is 11.3 Å². The van der Waals surface area contributed by atoms with Crippen LogP contribution in [0.2, 0.25) is 0 Å². The van der Waals surface area contributed by atoms with Crippen molar-refractivity contribution >= 4 is 27.2 Å². The number of rotatable bonds is 0. The number of tetrazole rings is 1. The summed E-state index contributed by atoms with van der Waals surface area (Å²) in [7, 11) is 0. The van der Waals surface area contributed by atoms with E-state index in [9.17, 15) is 0 Å². The highest BCUT2D eigenvalue weighted by atomic mass is 32.1. The van der Waals surface area contributed by atoms with Gasteiger partial charge in [-0.1, -0.05) is 0 Å². The molecule has 0 N–H and O–H groups in total. The molecule has 4 nitrogen and oxygen atoms in total. The number of hydrogen-bond donors (Lipinski definition) is 0. The van der Waals surface area contributed by atoms with Gasteiger partial charge in [0, 0.05) is 0 Å². The molecule has 0 amide bonds. The summed E-state index contributed by atoms with van der Waals surface area (Å²) in [5.74, 6) is 0. The van der Waals surface area contributed by atoms with Gasteiger partial charge in [0.15, 0.2) is 5.65 Å². The molecule has 3 rings (SSSR count). The van der Waals surface area contributed by atoms with E-state index in [2.05, 4.69) is 15.5 Å². The standard InChI is InChI=1S/C7H4N4S/c1-2-7-8-9-10-11(7)5-3-4-12-6(1)5/h1-4H. The SMILES string of the molecule is c1cc2c(ccc3nnnn32)s1. The highest BCUT2D eigenvalue weighted by Gasteiger charge is 2.01. The van der Waals surface area contributed by atoms with E-state index in [1.165, 1.54) is 4.70 Å². The van der Waals surface area contributed by atoms with Gasteiger partial charge in [0.05, 0.1) is 10.2 Å². The van der Waals surface area contributed by atoms with Crippen LogP contribution < -0.4 is 0 Å². The van der Waals surface area contributed by atoms with Crippen LogP contribution in [0.5, 0.6) is 0 Å². The fourth-order valence-electron chi connectivity index (χ4n) is 1.23. The van der Waals surface area contributed by atoms with Crippen LogP contribution in [0.15, 0.2) is 23.6 Å². The first-order valence-corrected chi connectivity index (χ1v) is 4.37. The lowest BCUT2D eigenvalue weighted by molar-refractivity contribution is 0.842. The Kier molecular flexibility index (Phi) is 1.02. The van der Waals surface area contributed by atoms with Crippen molar-refractivity contribution in [2.45, 2.75) is 0 Å². The van der Waals surface area contributed by atoms with Crippen molar-refractivity contribution in [1.82, 2.24) is 20.0 Å². The minimum Gasteiger partial charge on any atom is -0.192 e. The van der Waals surface area contributed by atoms with Crippen molar-refractivity contribution in [3.8, 4) is 0 Å². The molecule has 3 aromatic rings. The van der Waals surface area contributed by atoms with Gasteiger partial charge in [0.1, 0.15) is 0 Å². The summed E-state index contributed by atoms with van der Waals surface area (Å²) in [6, 6.07) is 5.97. The van der Waals surface area contributed by atoms with Gasteiger partial charge in [0.2, 0.25) is 0 Å². The third-order valence-electron chi connectivity index (χ3n) is 1.78. The molecule has 5 heteroatoms. The van der Waals surface area contributed by atoms with E-state index in [1.807, 2.05) is 23.6 Å². The van der Waals surface area contributed by atoms with Gasteiger partial charge in [-0.05, 0) is 34.0 Å². The number of aromatic nitrogens is 4. The van der Waals surface area contributed by atoms with Crippen LogP contribution in [0.4, 0.5) is 0 Å². The third-order valence-corrected chi connectivity index (χ3v) is 2.65. The molecule has 3 aromatic heterocycles. The van der Waals surface area contributed by atoms with Gasteiger partial charge in [0.25, 0.3) is 0 Å². The molecule has 0 atom stereocenters. The molecule has 0 spiro atoms. The normalized spacial score (nSPS) is 11.3. The number of hydrogen-bond acceptors (Lipinski definition) is 4. The second kappa shape index (κ2) is 2.01. The second-order valence-corrected chi connectivity index (χ2v) is 3.40. The van der Waals surface area contributed by atoms with E-state index in [-0.39, 0.29) is 0 Å². The Hall–Kier alpha value is -1.49. The molecule has 58 valence electrons. The molecule has 0 aliphatic carbocycles. The van der Waals surface area contributed by atoms with Gasteiger partial charge in [-0.25, -0.2) is 0 Å². The number of fused-ring (bicyclic) bond motifs is 3. The molecular weight excluding hydrogens is 172 g/mol. The average molecular weight is 176 g/mol. The van der Waals surface area contributed by atoms with E-state index in [1.54, 1.807) is 15.9 Å². The Balaban J connectivity index is 2.71. The number of thiophene rings is 1. The Morgan fingerprint density at radius 3 is 3.25 bits per heavy atom. The lowest BCUT2D eigenvalue weighted by atomic mass is 10.4. The lowest BCUT2D eigenvalue weighted by Gasteiger charge is -1.90. The van der Waals surface area contributed by atoms with Crippen LogP contribution in [-0.2, 0) is 0 Å². The van der Waals surface area contributed by atoms with E-state index >= 15 is 0 Å². The first kappa shape index (κ1) is 6.07. The highest BCUT2D eigenvalue weighted by molar-refractivity contribution is 7.17. The number of nitrogens with zero attached hydrogens (tertiary/aromatic N) is 4. The highest BCUT2D eigenvalue weighted by Crippen LogP contribution is 2.20. The van der Waals surface area contributed by atoms with Crippen LogP contribution in [0, 0.1) is 0 Å². The molecule has 0 saturated carbocycles. The summed E-state index contributed by atoms with van der Waals surface area (Å²) in [4.78, 5) is 0. The minimum absolute atomic E-state index is 0.793. The smallest absolute Gasteiger partial charge is 0.180 e. The van der Waals surface area contributed by atoms with E-state index in [0.717, 1.165) is 11.2 Å². The van der Waals surface area contributed by atoms with Gasteiger partial charge >= 0.3 is 0 Å². The van der Waals surface area contributed by atoms with Crippen LogP contribution in [0.3, 0.4) is 0 Å². The van der Waals surface area contributed by atoms with Gasteiger partial charge in [-0.2, -0.15) is 4.52 Å². The van der Waals surface area contributed by atoms with Crippen LogP contribution in [-0.4, -0.2) is 20.0 Å². The molecule has 0 bridgehead atoms. The van der Waals surface area contributed by atoms with Gasteiger partial charge in [-0.15, -0.1) is 16.4 Å². The fourth-order valence-corrected chi connectivity index (χ4v) is 2.00. The van der Waals surface area contributed by atoms with Crippen molar-refractivity contribution in [3.63, 3.8) is 0 Å².